The first-order valence-electron chi connectivity index (χ1n) is 5.05. The van der Waals surface area contributed by atoms with Crippen LogP contribution in [0.15, 0.2) is 16.8 Å². The molecule has 1 amide bonds. The lowest BCUT2D eigenvalue weighted by Crippen LogP contribution is -2.35. The Kier molecular flexibility index (Phi) is 4.49. The van der Waals surface area contributed by atoms with Crippen molar-refractivity contribution in [2.75, 3.05) is 6.54 Å². The molecule has 0 aromatic carbocycles. The van der Waals surface area contributed by atoms with Gasteiger partial charge in [0, 0.05) is 17.5 Å². The largest absolute Gasteiger partial charge is 0.481 e. The first-order valence-corrected chi connectivity index (χ1v) is 6.00. The van der Waals surface area contributed by atoms with Crippen molar-refractivity contribution in [3.63, 3.8) is 0 Å². The van der Waals surface area contributed by atoms with Gasteiger partial charge in [-0.25, -0.2) is 0 Å². The highest BCUT2D eigenvalue weighted by Crippen LogP contribution is 2.11. The molecule has 2 N–H and O–H groups in total. The summed E-state index contributed by atoms with van der Waals surface area (Å²) in [6.45, 7) is 3.83. The standard InChI is InChI=1S/C11H15NO3S/c1-7(2)9(11(14)15)5-12-10(13)8-3-4-16-6-8/h3-4,6-7,9H,5H2,1-2H3,(H,12,13)(H,14,15). The molecule has 16 heavy (non-hydrogen) atoms. The fraction of sp³-hybridized carbons (Fsp3) is 0.455. The van der Waals surface area contributed by atoms with Crippen LogP contribution in [0.5, 0.6) is 0 Å². The van der Waals surface area contributed by atoms with Gasteiger partial charge in [-0.15, -0.1) is 0 Å². The fourth-order valence-corrected chi connectivity index (χ4v) is 1.94. The van der Waals surface area contributed by atoms with Gasteiger partial charge in [0.15, 0.2) is 0 Å². The second kappa shape index (κ2) is 5.65. The summed E-state index contributed by atoms with van der Waals surface area (Å²) >= 11 is 1.44. The van der Waals surface area contributed by atoms with Gasteiger partial charge in [0.2, 0.25) is 0 Å². The van der Waals surface area contributed by atoms with E-state index in [4.69, 9.17) is 5.11 Å². The van der Waals surface area contributed by atoms with E-state index in [-0.39, 0.29) is 18.4 Å². The maximum absolute atomic E-state index is 11.6. The Bertz CT molecular complexity index is 359. The van der Waals surface area contributed by atoms with Crippen molar-refractivity contribution >= 4 is 23.2 Å². The maximum Gasteiger partial charge on any atom is 0.308 e. The van der Waals surface area contributed by atoms with Crippen LogP contribution in [0.25, 0.3) is 0 Å². The third kappa shape index (κ3) is 3.34. The molecule has 1 atom stereocenters. The highest BCUT2D eigenvalue weighted by atomic mass is 32.1. The van der Waals surface area contributed by atoms with E-state index in [9.17, 15) is 9.59 Å². The second-order valence-corrected chi connectivity index (χ2v) is 4.69. The topological polar surface area (TPSA) is 66.4 Å². The Labute approximate surface area is 98.3 Å². The van der Waals surface area contributed by atoms with Gasteiger partial charge < -0.3 is 10.4 Å². The van der Waals surface area contributed by atoms with Crippen molar-refractivity contribution in [2.45, 2.75) is 13.8 Å². The highest BCUT2D eigenvalue weighted by Gasteiger charge is 2.22. The van der Waals surface area contributed by atoms with Crippen molar-refractivity contribution in [2.24, 2.45) is 11.8 Å². The number of carboxylic acid groups (broad SMARTS) is 1. The summed E-state index contributed by atoms with van der Waals surface area (Å²) in [6.07, 6.45) is 0. The van der Waals surface area contributed by atoms with E-state index in [0.717, 1.165) is 0 Å². The summed E-state index contributed by atoms with van der Waals surface area (Å²) < 4.78 is 0. The molecule has 0 radical (unpaired) electrons. The molecule has 0 aliphatic heterocycles. The monoisotopic (exact) mass is 241 g/mol. The van der Waals surface area contributed by atoms with E-state index in [1.165, 1.54) is 11.3 Å². The predicted molar refractivity (Wildman–Crippen MR) is 62.6 cm³/mol. The van der Waals surface area contributed by atoms with Gasteiger partial charge in [-0.3, -0.25) is 9.59 Å². The smallest absolute Gasteiger partial charge is 0.308 e. The van der Waals surface area contributed by atoms with E-state index in [0.29, 0.717) is 5.56 Å². The minimum absolute atomic E-state index is 0.000254. The minimum Gasteiger partial charge on any atom is -0.481 e. The molecule has 5 heteroatoms. The molecule has 4 nitrogen and oxygen atoms in total. The molecule has 0 saturated heterocycles. The quantitative estimate of drug-likeness (QED) is 0.826. The maximum atomic E-state index is 11.6. The summed E-state index contributed by atoms with van der Waals surface area (Å²) in [7, 11) is 0. The number of nitrogens with one attached hydrogen (secondary N) is 1. The average Bonchev–Trinajstić information content (AvgIpc) is 2.69. The molecule has 0 bridgehead atoms. The number of aliphatic carboxylic acids is 1. The van der Waals surface area contributed by atoms with Crippen LogP contribution in [-0.4, -0.2) is 23.5 Å². The lowest BCUT2D eigenvalue weighted by molar-refractivity contribution is -0.142. The molecule has 1 rings (SSSR count). The zero-order valence-corrected chi connectivity index (χ0v) is 10.1. The molecule has 0 spiro atoms. The molecule has 0 saturated carbocycles. The number of rotatable bonds is 5. The van der Waals surface area contributed by atoms with Crippen LogP contribution < -0.4 is 5.32 Å². The second-order valence-electron chi connectivity index (χ2n) is 3.91. The SMILES string of the molecule is CC(C)C(CNC(=O)c1ccsc1)C(=O)O. The Morgan fingerprint density at radius 1 is 1.50 bits per heavy atom. The number of carboxylic acids is 1. The van der Waals surface area contributed by atoms with Crippen molar-refractivity contribution in [1.82, 2.24) is 5.32 Å². The number of amides is 1. The van der Waals surface area contributed by atoms with Crippen LogP contribution in [0.2, 0.25) is 0 Å². The Morgan fingerprint density at radius 3 is 2.62 bits per heavy atom. The molecule has 1 heterocycles. The van der Waals surface area contributed by atoms with Crippen molar-refractivity contribution in [3.05, 3.63) is 22.4 Å². The zero-order valence-electron chi connectivity index (χ0n) is 9.27. The van der Waals surface area contributed by atoms with Gasteiger partial charge in [-0.1, -0.05) is 13.8 Å². The van der Waals surface area contributed by atoms with Crippen molar-refractivity contribution in [1.29, 1.82) is 0 Å². The van der Waals surface area contributed by atoms with Crippen LogP contribution in [0.1, 0.15) is 24.2 Å². The molecule has 0 aliphatic carbocycles. The van der Waals surface area contributed by atoms with Crippen molar-refractivity contribution < 1.29 is 14.7 Å². The molecular formula is C11H15NO3S. The summed E-state index contributed by atoms with van der Waals surface area (Å²) in [5.74, 6) is -1.63. The molecule has 0 aliphatic rings. The molecule has 1 aromatic rings. The van der Waals surface area contributed by atoms with Crippen LogP contribution in [-0.2, 0) is 4.79 Å². The summed E-state index contributed by atoms with van der Waals surface area (Å²) in [4.78, 5) is 22.4. The molecular weight excluding hydrogens is 226 g/mol. The minimum atomic E-state index is -0.874. The fourth-order valence-electron chi connectivity index (χ4n) is 1.31. The van der Waals surface area contributed by atoms with E-state index in [1.54, 1.807) is 11.4 Å². The van der Waals surface area contributed by atoms with E-state index in [1.807, 2.05) is 19.2 Å². The van der Waals surface area contributed by atoms with Gasteiger partial charge in [0.05, 0.1) is 5.92 Å². The third-order valence-electron chi connectivity index (χ3n) is 2.39. The van der Waals surface area contributed by atoms with E-state index in [2.05, 4.69) is 5.32 Å². The average molecular weight is 241 g/mol. The van der Waals surface area contributed by atoms with Crippen LogP contribution in [0.3, 0.4) is 0 Å². The first kappa shape index (κ1) is 12.7. The number of thiophene rings is 1. The van der Waals surface area contributed by atoms with Crippen LogP contribution >= 0.6 is 11.3 Å². The Hall–Kier alpha value is -1.36. The number of carbonyl (C=O) groups is 2. The Balaban J connectivity index is 2.50. The molecule has 1 aromatic heterocycles. The van der Waals surface area contributed by atoms with Gasteiger partial charge in [0.25, 0.3) is 5.91 Å². The lowest BCUT2D eigenvalue weighted by atomic mass is 9.96. The third-order valence-corrected chi connectivity index (χ3v) is 3.07. The number of hydrogen-bond donors (Lipinski definition) is 2. The van der Waals surface area contributed by atoms with E-state index >= 15 is 0 Å². The van der Waals surface area contributed by atoms with Gasteiger partial charge in [0.1, 0.15) is 0 Å². The molecule has 88 valence electrons. The van der Waals surface area contributed by atoms with Gasteiger partial charge in [-0.2, -0.15) is 11.3 Å². The lowest BCUT2D eigenvalue weighted by Gasteiger charge is -2.16. The molecule has 1 unspecified atom stereocenters. The van der Waals surface area contributed by atoms with Crippen LogP contribution in [0.4, 0.5) is 0 Å². The van der Waals surface area contributed by atoms with Gasteiger partial charge >= 0.3 is 5.97 Å². The van der Waals surface area contributed by atoms with Crippen LogP contribution in [0, 0.1) is 11.8 Å². The zero-order chi connectivity index (χ0) is 12.1. The number of hydrogen-bond acceptors (Lipinski definition) is 3. The Morgan fingerprint density at radius 2 is 2.19 bits per heavy atom. The summed E-state index contributed by atoms with van der Waals surface area (Å²) in [5, 5.41) is 15.1. The van der Waals surface area contributed by atoms with E-state index < -0.39 is 11.9 Å². The predicted octanol–water partition coefficient (Wildman–Crippen LogP) is 1.83. The van der Waals surface area contributed by atoms with Crippen molar-refractivity contribution in [3.8, 4) is 0 Å². The summed E-state index contributed by atoms with van der Waals surface area (Å²) in [6, 6.07) is 1.71. The number of carbonyl (C=O) groups excluding carboxylic acids is 1. The summed E-state index contributed by atoms with van der Waals surface area (Å²) in [5.41, 5.74) is 0.581. The first-order chi connectivity index (χ1) is 7.52. The highest BCUT2D eigenvalue weighted by molar-refractivity contribution is 7.08. The molecule has 0 fully saturated rings. The van der Waals surface area contributed by atoms with Gasteiger partial charge in [-0.05, 0) is 17.4 Å². The normalized spacial score (nSPS) is 12.4.